The van der Waals surface area contributed by atoms with Crippen molar-refractivity contribution in [2.45, 2.75) is 4.90 Å². The number of hydrogen-bond donors (Lipinski definition) is 3. The Bertz CT molecular complexity index is 567. The van der Waals surface area contributed by atoms with Gasteiger partial charge in [0.1, 0.15) is 0 Å². The molecule has 0 spiro atoms. The largest absolute Gasteiger partial charge is 0.397 e. The highest BCUT2D eigenvalue weighted by Gasteiger charge is 2.17. The molecule has 1 fully saturated rings. The zero-order chi connectivity index (χ0) is 14.8. The minimum atomic E-state index is -3.46. The summed E-state index contributed by atoms with van der Waals surface area (Å²) in [5.41, 5.74) is 10.2. The molecule has 8 heteroatoms. The van der Waals surface area contributed by atoms with Crippen LogP contribution >= 0.6 is 0 Å². The fourth-order valence-corrected chi connectivity index (χ4v) is 2.76. The van der Waals surface area contributed by atoms with Gasteiger partial charge in [0.05, 0.1) is 16.3 Å². The fourth-order valence-electron chi connectivity index (χ4n) is 2.01. The Labute approximate surface area is 119 Å². The lowest BCUT2D eigenvalue weighted by atomic mass is 10.3. The Hall–Kier alpha value is -1.35. The van der Waals surface area contributed by atoms with Gasteiger partial charge in [-0.3, -0.25) is 0 Å². The number of piperazine rings is 1. The van der Waals surface area contributed by atoms with E-state index in [1.54, 1.807) is 12.1 Å². The van der Waals surface area contributed by atoms with E-state index in [1.165, 1.54) is 13.1 Å². The number of likely N-dealkylation sites (N-methyl/N-ethyl adjacent to an activating group) is 1. The smallest absolute Gasteiger partial charge is 0.240 e. The molecule has 0 saturated carbocycles. The van der Waals surface area contributed by atoms with E-state index >= 15 is 0 Å². The van der Waals surface area contributed by atoms with Crippen LogP contribution < -0.4 is 15.9 Å². The maximum atomic E-state index is 11.8. The van der Waals surface area contributed by atoms with Crippen LogP contribution in [0.2, 0.25) is 0 Å². The van der Waals surface area contributed by atoms with Crippen LogP contribution in [0.15, 0.2) is 23.1 Å². The number of sulfonamides is 1. The van der Waals surface area contributed by atoms with Crippen LogP contribution in [0.3, 0.4) is 0 Å². The molecule has 0 amide bonds. The minimum Gasteiger partial charge on any atom is -0.397 e. The minimum absolute atomic E-state index is 0.200. The number of nitrogens with two attached hydrogens (primary N) is 1. The molecule has 112 valence electrons. The molecule has 2 rings (SSSR count). The van der Waals surface area contributed by atoms with Crippen LogP contribution in [0, 0.1) is 0 Å². The van der Waals surface area contributed by atoms with Crippen LogP contribution in [-0.4, -0.2) is 58.6 Å². The lowest BCUT2D eigenvalue weighted by molar-refractivity contribution is 0.179. The van der Waals surface area contributed by atoms with Crippen molar-refractivity contribution in [2.24, 2.45) is 0 Å². The van der Waals surface area contributed by atoms with Crippen LogP contribution in [0.1, 0.15) is 0 Å². The number of anilines is 2. The van der Waals surface area contributed by atoms with Gasteiger partial charge in [-0.15, -0.1) is 0 Å². The van der Waals surface area contributed by atoms with Gasteiger partial charge in [-0.05, 0) is 32.3 Å². The number of nitrogens with zero attached hydrogens (tertiary/aromatic N) is 2. The van der Waals surface area contributed by atoms with Crippen molar-refractivity contribution >= 4 is 21.4 Å². The molecule has 4 N–H and O–H groups in total. The summed E-state index contributed by atoms with van der Waals surface area (Å²) in [5, 5.41) is 2.04. The Balaban J connectivity index is 2.17. The predicted octanol–water partition coefficient (Wildman–Crippen LogP) is -0.249. The highest BCUT2D eigenvalue weighted by molar-refractivity contribution is 7.89. The molecule has 0 unspecified atom stereocenters. The highest BCUT2D eigenvalue weighted by Crippen LogP contribution is 2.23. The van der Waals surface area contributed by atoms with Crippen molar-refractivity contribution < 1.29 is 8.42 Å². The Morgan fingerprint density at radius 2 is 1.85 bits per heavy atom. The third kappa shape index (κ3) is 3.40. The lowest BCUT2D eigenvalue weighted by Gasteiger charge is -2.33. The van der Waals surface area contributed by atoms with Gasteiger partial charge in [-0.1, -0.05) is 0 Å². The molecule has 0 aliphatic carbocycles. The summed E-state index contributed by atoms with van der Waals surface area (Å²) in [4.78, 5) is 2.44. The first-order valence-electron chi connectivity index (χ1n) is 6.45. The molecule has 1 heterocycles. The second-order valence-electron chi connectivity index (χ2n) is 4.86. The summed E-state index contributed by atoms with van der Waals surface area (Å²) < 4.78 is 25.9. The molecule has 20 heavy (non-hydrogen) atoms. The van der Waals surface area contributed by atoms with Gasteiger partial charge in [0, 0.05) is 26.2 Å². The number of hydrogen-bond acceptors (Lipinski definition) is 6. The van der Waals surface area contributed by atoms with Gasteiger partial charge in [0.25, 0.3) is 0 Å². The van der Waals surface area contributed by atoms with E-state index in [4.69, 9.17) is 5.73 Å². The first kappa shape index (κ1) is 15.0. The van der Waals surface area contributed by atoms with Gasteiger partial charge >= 0.3 is 0 Å². The van der Waals surface area contributed by atoms with Crippen molar-refractivity contribution in [1.82, 2.24) is 14.6 Å². The fraction of sp³-hybridized carbons (Fsp3) is 0.500. The highest BCUT2D eigenvalue weighted by atomic mass is 32.2. The van der Waals surface area contributed by atoms with Gasteiger partial charge < -0.3 is 16.1 Å². The van der Waals surface area contributed by atoms with Crippen molar-refractivity contribution in [1.29, 1.82) is 0 Å². The maximum Gasteiger partial charge on any atom is 0.240 e. The van der Waals surface area contributed by atoms with E-state index in [-0.39, 0.29) is 4.90 Å². The summed E-state index contributed by atoms with van der Waals surface area (Å²) in [7, 11) is 0.00402. The molecular weight excluding hydrogens is 278 g/mol. The van der Waals surface area contributed by atoms with Crippen LogP contribution in [0.5, 0.6) is 0 Å². The quantitative estimate of drug-likeness (QED) is 0.664. The Morgan fingerprint density at radius 3 is 2.45 bits per heavy atom. The third-order valence-corrected chi connectivity index (χ3v) is 4.80. The number of rotatable bonds is 4. The molecule has 0 radical (unpaired) electrons. The topological polar surface area (TPSA) is 90.7 Å². The molecule has 0 atom stereocenters. The van der Waals surface area contributed by atoms with Crippen molar-refractivity contribution in [3.05, 3.63) is 18.2 Å². The van der Waals surface area contributed by atoms with Gasteiger partial charge in [-0.2, -0.15) is 0 Å². The van der Waals surface area contributed by atoms with E-state index in [0.29, 0.717) is 11.4 Å². The number of nitrogen functional groups attached to an aromatic ring is 1. The first-order valence-corrected chi connectivity index (χ1v) is 7.94. The Kier molecular flexibility index (Phi) is 4.48. The van der Waals surface area contributed by atoms with Crippen molar-refractivity contribution in [3.63, 3.8) is 0 Å². The summed E-state index contributed by atoms with van der Waals surface area (Å²) in [6, 6.07) is 4.65. The van der Waals surface area contributed by atoms with Gasteiger partial charge in [0.2, 0.25) is 10.0 Å². The zero-order valence-corrected chi connectivity index (χ0v) is 12.6. The molecule has 0 bridgehead atoms. The second-order valence-corrected chi connectivity index (χ2v) is 6.75. The molecule has 1 aromatic carbocycles. The van der Waals surface area contributed by atoms with E-state index in [2.05, 4.69) is 22.1 Å². The molecule has 0 aromatic heterocycles. The molecule has 7 nitrogen and oxygen atoms in total. The number of nitrogens with one attached hydrogen (secondary N) is 2. The summed E-state index contributed by atoms with van der Waals surface area (Å²) in [6.45, 7) is 3.64. The first-order chi connectivity index (χ1) is 9.42. The molecule has 1 aliphatic heterocycles. The Morgan fingerprint density at radius 1 is 1.20 bits per heavy atom. The van der Waals surface area contributed by atoms with E-state index in [9.17, 15) is 8.42 Å². The average molecular weight is 299 g/mol. The summed E-state index contributed by atoms with van der Waals surface area (Å²) in [5.74, 6) is 0. The van der Waals surface area contributed by atoms with Crippen LogP contribution in [0.25, 0.3) is 0 Å². The van der Waals surface area contributed by atoms with Crippen LogP contribution in [0.4, 0.5) is 11.4 Å². The summed E-state index contributed by atoms with van der Waals surface area (Å²) in [6.07, 6.45) is 0. The van der Waals surface area contributed by atoms with E-state index in [1.807, 2.05) is 5.01 Å². The maximum absolute atomic E-state index is 11.8. The monoisotopic (exact) mass is 299 g/mol. The number of hydrazine groups is 1. The molecule has 1 aliphatic rings. The normalized spacial score (nSPS) is 18.1. The second kappa shape index (κ2) is 5.96. The van der Waals surface area contributed by atoms with E-state index < -0.39 is 10.0 Å². The zero-order valence-electron chi connectivity index (χ0n) is 11.8. The van der Waals surface area contributed by atoms with Gasteiger partial charge in [0.15, 0.2) is 0 Å². The third-order valence-electron chi connectivity index (χ3n) is 3.39. The van der Waals surface area contributed by atoms with Crippen LogP contribution in [-0.2, 0) is 10.0 Å². The standard InChI is InChI=1S/C12H21N5O2S/c1-14-20(18,19)10-3-4-11(13)12(9-10)15-17-7-5-16(2)6-8-17/h3-4,9,14-15H,5-8,13H2,1-2H3. The molecular formula is C12H21N5O2S. The number of benzene rings is 1. The van der Waals surface area contributed by atoms with E-state index in [0.717, 1.165) is 26.2 Å². The SMILES string of the molecule is CNS(=O)(=O)c1ccc(N)c(NN2CCN(C)CC2)c1. The lowest BCUT2D eigenvalue weighted by Crippen LogP contribution is -2.47. The van der Waals surface area contributed by atoms with Crippen molar-refractivity contribution in [3.8, 4) is 0 Å². The van der Waals surface area contributed by atoms with Gasteiger partial charge in [-0.25, -0.2) is 18.1 Å². The molecule has 1 aromatic rings. The predicted molar refractivity (Wildman–Crippen MR) is 79.8 cm³/mol. The average Bonchev–Trinajstić information content (AvgIpc) is 2.43. The van der Waals surface area contributed by atoms with Crippen molar-refractivity contribution in [2.75, 3.05) is 51.4 Å². The summed E-state index contributed by atoms with van der Waals surface area (Å²) >= 11 is 0. The molecule has 1 saturated heterocycles.